The van der Waals surface area contributed by atoms with Crippen molar-refractivity contribution in [2.24, 2.45) is 0 Å². The van der Waals surface area contributed by atoms with Crippen molar-refractivity contribution in [3.63, 3.8) is 0 Å². The molecule has 2 heterocycles. The molecule has 3 nitrogen and oxygen atoms in total. The summed E-state index contributed by atoms with van der Waals surface area (Å²) in [7, 11) is 0. The molecular formula is C22H15FN2O. The molecular weight excluding hydrogens is 327 g/mol. The van der Waals surface area contributed by atoms with E-state index in [0.717, 1.165) is 11.3 Å². The summed E-state index contributed by atoms with van der Waals surface area (Å²) >= 11 is 0. The lowest BCUT2D eigenvalue weighted by Crippen LogP contribution is -1.83. The molecule has 0 unspecified atom stereocenters. The zero-order valence-corrected chi connectivity index (χ0v) is 13.9. The van der Waals surface area contributed by atoms with Gasteiger partial charge in [-0.3, -0.25) is 0 Å². The minimum absolute atomic E-state index is 0.328. The van der Waals surface area contributed by atoms with Crippen molar-refractivity contribution >= 4 is 11.1 Å². The molecule has 4 aromatic rings. The third-order valence-electron chi connectivity index (χ3n) is 3.93. The van der Waals surface area contributed by atoms with Crippen molar-refractivity contribution in [2.45, 2.75) is 12.8 Å². The van der Waals surface area contributed by atoms with Crippen LogP contribution in [0.4, 0.5) is 4.39 Å². The van der Waals surface area contributed by atoms with E-state index in [2.05, 4.69) is 21.8 Å². The molecule has 0 radical (unpaired) electrons. The van der Waals surface area contributed by atoms with Gasteiger partial charge in [0.15, 0.2) is 11.5 Å². The van der Waals surface area contributed by atoms with Crippen molar-refractivity contribution in [2.75, 3.05) is 0 Å². The van der Waals surface area contributed by atoms with E-state index in [-0.39, 0.29) is 5.82 Å². The predicted molar refractivity (Wildman–Crippen MR) is 98.8 cm³/mol. The van der Waals surface area contributed by atoms with Crippen LogP contribution < -0.4 is 0 Å². The maximum absolute atomic E-state index is 14.0. The van der Waals surface area contributed by atoms with Gasteiger partial charge in [-0.2, -0.15) is 0 Å². The fourth-order valence-corrected chi connectivity index (χ4v) is 2.74. The second kappa shape index (κ2) is 7.20. The van der Waals surface area contributed by atoms with E-state index in [1.54, 1.807) is 6.20 Å². The highest BCUT2D eigenvalue weighted by atomic mass is 19.1. The number of aromatic nitrogens is 2. The van der Waals surface area contributed by atoms with E-state index in [0.29, 0.717) is 35.4 Å². The maximum atomic E-state index is 14.0. The Kier molecular flexibility index (Phi) is 4.44. The Morgan fingerprint density at radius 2 is 1.85 bits per heavy atom. The van der Waals surface area contributed by atoms with E-state index in [9.17, 15) is 4.39 Å². The van der Waals surface area contributed by atoms with Crippen molar-refractivity contribution in [1.29, 1.82) is 0 Å². The Bertz CT molecular complexity index is 1090. The number of hydrogen-bond acceptors (Lipinski definition) is 3. The van der Waals surface area contributed by atoms with Crippen LogP contribution in [-0.2, 0) is 6.42 Å². The average molecular weight is 342 g/mol. The second-order valence-electron chi connectivity index (χ2n) is 5.79. The van der Waals surface area contributed by atoms with E-state index < -0.39 is 0 Å². The molecule has 2 aromatic heterocycles. The summed E-state index contributed by atoms with van der Waals surface area (Å²) in [5.74, 6) is 6.30. The molecule has 0 amide bonds. The van der Waals surface area contributed by atoms with Crippen LogP contribution in [0.15, 0.2) is 71.3 Å². The Morgan fingerprint density at radius 1 is 1.00 bits per heavy atom. The van der Waals surface area contributed by atoms with E-state index in [1.165, 1.54) is 12.1 Å². The van der Waals surface area contributed by atoms with Crippen molar-refractivity contribution < 1.29 is 8.81 Å². The number of aryl methyl sites for hydroxylation is 1. The van der Waals surface area contributed by atoms with Crippen LogP contribution in [0.3, 0.4) is 0 Å². The van der Waals surface area contributed by atoms with Gasteiger partial charge >= 0.3 is 0 Å². The number of rotatable bonds is 3. The summed E-state index contributed by atoms with van der Waals surface area (Å²) in [6.45, 7) is 0. The van der Waals surface area contributed by atoms with Gasteiger partial charge in [0.05, 0.1) is 0 Å². The summed E-state index contributed by atoms with van der Waals surface area (Å²) in [5, 5.41) is 0. The molecule has 0 atom stereocenters. The molecule has 4 rings (SSSR count). The molecule has 0 aliphatic carbocycles. The van der Waals surface area contributed by atoms with Gasteiger partial charge in [-0.1, -0.05) is 42.3 Å². The molecule has 126 valence electrons. The third kappa shape index (κ3) is 3.47. The molecule has 0 bridgehead atoms. The lowest BCUT2D eigenvalue weighted by atomic mass is 10.0. The summed E-state index contributed by atoms with van der Waals surface area (Å²) < 4.78 is 19.9. The lowest BCUT2D eigenvalue weighted by molar-refractivity contribution is 0.532. The number of hydrogen-bond donors (Lipinski definition) is 0. The van der Waals surface area contributed by atoms with Crippen molar-refractivity contribution in [3.05, 3.63) is 84.3 Å². The van der Waals surface area contributed by atoms with Gasteiger partial charge in [-0.05, 0) is 29.7 Å². The Balaban J connectivity index is 1.59. The Labute approximate surface area is 150 Å². The maximum Gasteiger partial charge on any atom is 0.196 e. The highest BCUT2D eigenvalue weighted by Crippen LogP contribution is 2.30. The zero-order valence-electron chi connectivity index (χ0n) is 13.9. The highest BCUT2D eigenvalue weighted by Gasteiger charge is 2.13. The molecule has 0 aliphatic heterocycles. The highest BCUT2D eigenvalue weighted by molar-refractivity contribution is 5.90. The van der Waals surface area contributed by atoms with Crippen LogP contribution in [-0.4, -0.2) is 9.97 Å². The first-order chi connectivity index (χ1) is 12.8. The fourth-order valence-electron chi connectivity index (χ4n) is 2.74. The van der Waals surface area contributed by atoms with Crippen LogP contribution >= 0.6 is 0 Å². The Morgan fingerprint density at radius 3 is 2.65 bits per heavy atom. The van der Waals surface area contributed by atoms with E-state index in [4.69, 9.17) is 4.42 Å². The number of benzene rings is 2. The number of fused-ring (bicyclic) bond motifs is 1. The van der Waals surface area contributed by atoms with Crippen LogP contribution in [0.1, 0.15) is 18.0 Å². The minimum Gasteiger partial charge on any atom is -0.440 e. The van der Waals surface area contributed by atoms with Crippen molar-refractivity contribution in [3.8, 4) is 23.0 Å². The molecule has 4 heteroatoms. The van der Waals surface area contributed by atoms with Crippen molar-refractivity contribution in [1.82, 2.24) is 9.97 Å². The van der Waals surface area contributed by atoms with Gasteiger partial charge in [0.25, 0.3) is 0 Å². The van der Waals surface area contributed by atoms with Gasteiger partial charge in [0.2, 0.25) is 0 Å². The summed E-state index contributed by atoms with van der Waals surface area (Å²) in [6.07, 6.45) is 2.86. The summed E-state index contributed by atoms with van der Waals surface area (Å²) in [4.78, 5) is 8.57. The minimum atomic E-state index is -0.328. The zero-order chi connectivity index (χ0) is 17.8. The molecule has 26 heavy (non-hydrogen) atoms. The van der Waals surface area contributed by atoms with Gasteiger partial charge < -0.3 is 4.42 Å². The van der Waals surface area contributed by atoms with Crippen LogP contribution in [0.25, 0.3) is 22.2 Å². The number of nitrogens with zero attached hydrogens (tertiary/aromatic N) is 2. The number of oxazole rings is 1. The number of pyridine rings is 1. The first-order valence-corrected chi connectivity index (χ1v) is 8.34. The van der Waals surface area contributed by atoms with Crippen LogP contribution in [0.5, 0.6) is 0 Å². The first kappa shape index (κ1) is 16.0. The van der Waals surface area contributed by atoms with Gasteiger partial charge in [-0.15, -0.1) is 0 Å². The molecule has 0 N–H and O–H groups in total. The Hall–Kier alpha value is -3.45. The third-order valence-corrected chi connectivity index (χ3v) is 3.93. The molecule has 0 saturated heterocycles. The number of halogens is 1. The predicted octanol–water partition coefficient (Wildman–Crippen LogP) is 5.01. The largest absolute Gasteiger partial charge is 0.440 e. The van der Waals surface area contributed by atoms with Gasteiger partial charge in [0, 0.05) is 30.7 Å². The smallest absolute Gasteiger partial charge is 0.196 e. The van der Waals surface area contributed by atoms with Crippen LogP contribution in [0, 0.1) is 17.7 Å². The quantitative estimate of drug-likeness (QED) is 0.491. The molecule has 2 aromatic carbocycles. The lowest BCUT2D eigenvalue weighted by Gasteiger charge is -2.02. The summed E-state index contributed by atoms with van der Waals surface area (Å²) in [6, 6.07) is 18.1. The molecule has 0 fully saturated rings. The first-order valence-electron chi connectivity index (χ1n) is 8.34. The molecule has 0 saturated carbocycles. The molecule has 0 spiro atoms. The van der Waals surface area contributed by atoms with E-state index >= 15 is 0 Å². The normalized spacial score (nSPS) is 10.5. The monoisotopic (exact) mass is 342 g/mol. The second-order valence-corrected chi connectivity index (χ2v) is 5.79. The average Bonchev–Trinajstić information content (AvgIpc) is 3.09. The standard InChI is InChI=1S/C22H15FN2O/c23-17-14-19(16-8-2-1-3-9-16)22-20(15-17)25-21(26-22)12-5-4-10-18-11-6-7-13-24-18/h1-3,6-9,11,13-15H,5,12H2. The SMILES string of the molecule is Fc1cc(-c2ccccc2)c2oc(CCC#Cc3ccccn3)nc2c1. The topological polar surface area (TPSA) is 38.9 Å². The van der Waals surface area contributed by atoms with Gasteiger partial charge in [0.1, 0.15) is 17.0 Å². The summed E-state index contributed by atoms with van der Waals surface area (Å²) in [5.41, 5.74) is 3.47. The fraction of sp³-hybridized carbons (Fsp3) is 0.0909. The van der Waals surface area contributed by atoms with E-state index in [1.807, 2.05) is 48.5 Å². The molecule has 0 aliphatic rings. The van der Waals surface area contributed by atoms with Crippen LogP contribution in [0.2, 0.25) is 0 Å². The van der Waals surface area contributed by atoms with Gasteiger partial charge in [-0.25, -0.2) is 14.4 Å².